The van der Waals surface area contributed by atoms with E-state index in [1.165, 1.54) is 16.8 Å². The number of alkyl halides is 3. The lowest BCUT2D eigenvalue weighted by Gasteiger charge is -2.15. The predicted molar refractivity (Wildman–Crippen MR) is 144 cm³/mol. The molecule has 4 rings (SSSR count). The van der Waals surface area contributed by atoms with E-state index in [9.17, 15) is 32.3 Å². The van der Waals surface area contributed by atoms with Gasteiger partial charge in [-0.15, -0.1) is 0 Å². The summed E-state index contributed by atoms with van der Waals surface area (Å²) in [6, 6.07) is 14.5. The van der Waals surface area contributed by atoms with Crippen LogP contribution in [-0.2, 0) is 16.1 Å². The summed E-state index contributed by atoms with van der Waals surface area (Å²) >= 11 is 0. The number of carbonyl (C=O) groups is 4. The molecule has 1 heterocycles. The van der Waals surface area contributed by atoms with Crippen molar-refractivity contribution in [2.45, 2.75) is 31.1 Å². The van der Waals surface area contributed by atoms with Gasteiger partial charge < -0.3 is 36.5 Å². The number of hydrogen-bond donors (Lipinski definition) is 5. The number of carboxylic acids is 1. The summed E-state index contributed by atoms with van der Waals surface area (Å²) in [4.78, 5) is 58.9. The Bertz CT molecular complexity index is 1550. The van der Waals surface area contributed by atoms with Gasteiger partial charge in [0.15, 0.2) is 0 Å². The number of nitrogens with two attached hydrogens (primary N) is 2. The molecule has 3 aromatic rings. The summed E-state index contributed by atoms with van der Waals surface area (Å²) in [6.07, 6.45) is -2.62. The van der Waals surface area contributed by atoms with Crippen LogP contribution in [0.5, 0.6) is 5.75 Å². The van der Waals surface area contributed by atoms with Gasteiger partial charge in [-0.2, -0.15) is 13.2 Å². The second-order valence-corrected chi connectivity index (χ2v) is 9.23. The number of anilines is 2. The van der Waals surface area contributed by atoms with Gasteiger partial charge in [0.25, 0.3) is 11.5 Å². The van der Waals surface area contributed by atoms with Crippen LogP contribution in [0, 0.1) is 0 Å². The van der Waals surface area contributed by atoms with Crippen LogP contribution in [0.15, 0.2) is 65.6 Å². The molecule has 1 fully saturated rings. The largest absolute Gasteiger partial charge is 0.497 e. The lowest BCUT2D eigenvalue weighted by atomic mass is 10.1. The summed E-state index contributed by atoms with van der Waals surface area (Å²) in [5.41, 5.74) is 11.4. The maximum atomic E-state index is 13.1. The van der Waals surface area contributed by atoms with Crippen LogP contribution in [-0.4, -0.2) is 52.2 Å². The number of carboxylic acid groups (broad SMARTS) is 1. The monoisotopic (exact) mass is 589 g/mol. The van der Waals surface area contributed by atoms with Crippen molar-refractivity contribution in [3.63, 3.8) is 0 Å². The first-order valence-electron chi connectivity index (χ1n) is 12.1. The number of nitrogens with one attached hydrogen (secondary N) is 2. The fraction of sp³-hybridized carbons (Fsp3) is 0.222. The first-order valence-corrected chi connectivity index (χ1v) is 12.1. The number of aliphatic carboxylic acids is 1. The van der Waals surface area contributed by atoms with Crippen molar-refractivity contribution in [3.8, 4) is 5.75 Å². The third kappa shape index (κ3) is 8.17. The molecule has 42 heavy (non-hydrogen) atoms. The van der Waals surface area contributed by atoms with Crippen LogP contribution in [0.25, 0.3) is 0 Å². The average molecular weight is 590 g/mol. The second-order valence-electron chi connectivity index (χ2n) is 9.23. The van der Waals surface area contributed by atoms with Crippen molar-refractivity contribution in [1.82, 2.24) is 4.57 Å². The molecule has 0 aliphatic heterocycles. The lowest BCUT2D eigenvalue weighted by molar-refractivity contribution is -0.192. The molecule has 0 saturated heterocycles. The van der Waals surface area contributed by atoms with E-state index in [0.29, 0.717) is 35.4 Å². The van der Waals surface area contributed by atoms with E-state index in [1.807, 2.05) is 0 Å². The Kier molecular flexibility index (Phi) is 9.37. The zero-order valence-corrected chi connectivity index (χ0v) is 22.0. The van der Waals surface area contributed by atoms with E-state index in [0.717, 1.165) is 0 Å². The van der Waals surface area contributed by atoms with Gasteiger partial charge in [0.2, 0.25) is 11.8 Å². The number of methoxy groups -OCH3 is 1. The number of benzene rings is 2. The van der Waals surface area contributed by atoms with Crippen LogP contribution < -0.4 is 32.4 Å². The van der Waals surface area contributed by atoms with Gasteiger partial charge >= 0.3 is 12.1 Å². The minimum Gasteiger partial charge on any atom is -0.497 e. The van der Waals surface area contributed by atoms with E-state index in [4.69, 9.17) is 26.1 Å². The average Bonchev–Trinajstić information content (AvgIpc) is 3.69. The fourth-order valence-electron chi connectivity index (χ4n) is 3.42. The lowest BCUT2D eigenvalue weighted by Crippen LogP contribution is -2.40. The standard InChI is InChI=1S/C25H25N5O5.C2HF3O2/c1-35-19-8-6-18(7-9-19)28-22(32)17-12-20(29-24(34)25(27)10-11-25)23(33)30(14-17)13-15-2-4-16(5-3-15)21(26)31;3-2(4,5)1(6)7/h2-9,12,14H,10-11,13,27H2,1H3,(H2,26,31)(H,28,32)(H,29,34);(H,6,7). The highest BCUT2D eigenvalue weighted by atomic mass is 19.4. The molecule has 1 aliphatic rings. The molecule has 15 heteroatoms. The van der Waals surface area contributed by atoms with Crippen molar-refractivity contribution in [2.24, 2.45) is 11.5 Å². The number of hydrogen-bond acceptors (Lipinski definition) is 7. The quantitative estimate of drug-likeness (QED) is 0.264. The third-order valence-corrected chi connectivity index (χ3v) is 6.02. The van der Waals surface area contributed by atoms with Gasteiger partial charge in [-0.05, 0) is 60.9 Å². The van der Waals surface area contributed by atoms with E-state index >= 15 is 0 Å². The number of amides is 3. The van der Waals surface area contributed by atoms with Crippen molar-refractivity contribution in [3.05, 3.63) is 87.8 Å². The molecule has 0 atom stereocenters. The van der Waals surface area contributed by atoms with Crippen LogP contribution >= 0.6 is 0 Å². The van der Waals surface area contributed by atoms with E-state index in [1.54, 1.807) is 55.6 Å². The number of ether oxygens (including phenoxy) is 1. The Morgan fingerprint density at radius 3 is 2.05 bits per heavy atom. The predicted octanol–water partition coefficient (Wildman–Crippen LogP) is 2.32. The van der Waals surface area contributed by atoms with Gasteiger partial charge in [0.1, 0.15) is 11.4 Å². The van der Waals surface area contributed by atoms with Gasteiger partial charge in [0, 0.05) is 17.4 Å². The summed E-state index contributed by atoms with van der Waals surface area (Å²) in [5.74, 6) is -3.63. The van der Waals surface area contributed by atoms with Crippen molar-refractivity contribution in [1.29, 1.82) is 0 Å². The Morgan fingerprint density at radius 2 is 1.57 bits per heavy atom. The van der Waals surface area contributed by atoms with E-state index < -0.39 is 41.0 Å². The number of carbonyl (C=O) groups excluding carboxylic acids is 3. The van der Waals surface area contributed by atoms with E-state index in [-0.39, 0.29) is 17.8 Å². The number of aromatic nitrogens is 1. The maximum absolute atomic E-state index is 13.1. The minimum atomic E-state index is -5.08. The van der Waals surface area contributed by atoms with Gasteiger partial charge in [0.05, 0.1) is 24.8 Å². The van der Waals surface area contributed by atoms with Gasteiger partial charge in [-0.3, -0.25) is 19.2 Å². The molecule has 1 aliphatic carbocycles. The molecule has 7 N–H and O–H groups in total. The zero-order valence-electron chi connectivity index (χ0n) is 22.0. The number of nitrogens with zero attached hydrogens (tertiary/aromatic N) is 1. The Labute approximate surface area is 236 Å². The second kappa shape index (κ2) is 12.6. The van der Waals surface area contributed by atoms with Crippen molar-refractivity contribution in [2.75, 3.05) is 17.7 Å². The first kappa shape index (κ1) is 31.3. The first-order chi connectivity index (χ1) is 19.6. The molecule has 0 bridgehead atoms. The highest BCUT2D eigenvalue weighted by Crippen LogP contribution is 2.33. The Morgan fingerprint density at radius 1 is 1.00 bits per heavy atom. The third-order valence-electron chi connectivity index (χ3n) is 6.02. The number of primary amides is 1. The van der Waals surface area contributed by atoms with Gasteiger partial charge in [-0.1, -0.05) is 12.1 Å². The molecule has 0 spiro atoms. The molecule has 3 amide bonds. The van der Waals surface area contributed by atoms with Crippen molar-refractivity contribution < 1.29 is 42.2 Å². The Balaban J connectivity index is 0.000000616. The summed E-state index contributed by atoms with van der Waals surface area (Å²) < 4.78 is 38.2. The highest BCUT2D eigenvalue weighted by molar-refractivity contribution is 6.06. The maximum Gasteiger partial charge on any atom is 0.490 e. The summed E-state index contributed by atoms with van der Waals surface area (Å²) in [6.45, 7) is 0.0954. The number of rotatable bonds is 8. The molecule has 0 unspecified atom stereocenters. The molecule has 1 saturated carbocycles. The minimum absolute atomic E-state index is 0.0529. The smallest absolute Gasteiger partial charge is 0.490 e. The fourth-order valence-corrected chi connectivity index (χ4v) is 3.42. The van der Waals surface area contributed by atoms with Crippen LogP contribution in [0.4, 0.5) is 24.5 Å². The van der Waals surface area contributed by atoms with Crippen molar-refractivity contribution >= 4 is 35.1 Å². The molecule has 222 valence electrons. The zero-order chi connectivity index (χ0) is 31.2. The van der Waals surface area contributed by atoms with Crippen LogP contribution in [0.3, 0.4) is 0 Å². The molecule has 12 nitrogen and oxygen atoms in total. The SMILES string of the molecule is COc1ccc(NC(=O)c2cc(NC(=O)C3(N)CC3)c(=O)n(Cc3ccc(C(N)=O)cc3)c2)cc1.O=C(O)C(F)(F)F. The number of halogens is 3. The highest BCUT2D eigenvalue weighted by Gasteiger charge is 2.46. The number of pyridine rings is 1. The van der Waals surface area contributed by atoms with Crippen LogP contribution in [0.2, 0.25) is 0 Å². The molecule has 1 aromatic heterocycles. The van der Waals surface area contributed by atoms with E-state index in [2.05, 4.69) is 10.6 Å². The normalized spacial score (nSPS) is 13.2. The topological polar surface area (TPSA) is 196 Å². The molecule has 2 aromatic carbocycles. The van der Waals surface area contributed by atoms with Crippen LogP contribution in [0.1, 0.15) is 39.1 Å². The molecular formula is C27H26F3N5O7. The molecular weight excluding hydrogens is 563 g/mol. The van der Waals surface area contributed by atoms with Gasteiger partial charge in [-0.25, -0.2) is 4.79 Å². The molecule has 0 radical (unpaired) electrons. The summed E-state index contributed by atoms with van der Waals surface area (Å²) in [7, 11) is 1.54. The Hall–Kier alpha value is -5.18. The summed E-state index contributed by atoms with van der Waals surface area (Å²) in [5, 5.41) is 12.5.